The first-order valence-electron chi connectivity index (χ1n) is 6.68. The Morgan fingerprint density at radius 3 is 3.15 bits per heavy atom. The van der Waals surface area contributed by atoms with Crippen LogP contribution in [0.15, 0.2) is 41.4 Å². The van der Waals surface area contributed by atoms with E-state index in [-0.39, 0.29) is 12.0 Å². The molecule has 0 radical (unpaired) electrons. The van der Waals surface area contributed by atoms with Gasteiger partial charge in [-0.15, -0.1) is 6.58 Å². The maximum atomic E-state index is 5.93. The third-order valence-electron chi connectivity index (χ3n) is 3.44. The number of rotatable bonds is 4. The molecule has 3 rings (SSSR count). The number of benzene rings is 1. The average molecular weight is 271 g/mol. The Bertz CT molecular complexity index is 609. The van der Waals surface area contributed by atoms with Crippen LogP contribution in [-0.2, 0) is 6.42 Å². The van der Waals surface area contributed by atoms with Crippen LogP contribution in [-0.4, -0.2) is 16.7 Å². The second kappa shape index (κ2) is 5.46. The van der Waals surface area contributed by atoms with Gasteiger partial charge in [0.25, 0.3) is 0 Å². The zero-order chi connectivity index (χ0) is 13.9. The largest absolute Gasteiger partial charge is 0.493 e. The molecule has 0 saturated heterocycles. The molecule has 0 saturated carbocycles. The number of aromatic nitrogens is 2. The van der Waals surface area contributed by atoms with Crippen LogP contribution < -0.4 is 10.5 Å². The summed E-state index contributed by atoms with van der Waals surface area (Å²) in [5.41, 5.74) is 7.10. The van der Waals surface area contributed by atoms with Crippen molar-refractivity contribution >= 4 is 0 Å². The second-order valence-corrected chi connectivity index (χ2v) is 4.94. The third-order valence-corrected chi connectivity index (χ3v) is 3.44. The van der Waals surface area contributed by atoms with Crippen molar-refractivity contribution in [3.8, 4) is 5.75 Å². The lowest BCUT2D eigenvalue weighted by Gasteiger charge is -2.22. The van der Waals surface area contributed by atoms with Gasteiger partial charge in [-0.3, -0.25) is 0 Å². The summed E-state index contributed by atoms with van der Waals surface area (Å²) in [5, 5.41) is 4.04. The molecule has 0 aliphatic carbocycles. The Morgan fingerprint density at radius 1 is 1.45 bits per heavy atom. The van der Waals surface area contributed by atoms with Crippen LogP contribution in [0.5, 0.6) is 5.75 Å². The SMILES string of the molecule is C=CCC(N)c1nc(C2COc3ccccc3C2)no1. The van der Waals surface area contributed by atoms with E-state index >= 15 is 0 Å². The van der Waals surface area contributed by atoms with E-state index in [1.54, 1.807) is 6.08 Å². The highest BCUT2D eigenvalue weighted by atomic mass is 16.5. The zero-order valence-electron chi connectivity index (χ0n) is 11.2. The molecule has 5 heteroatoms. The van der Waals surface area contributed by atoms with E-state index < -0.39 is 0 Å². The van der Waals surface area contributed by atoms with E-state index in [4.69, 9.17) is 15.0 Å². The number of nitrogens with two attached hydrogens (primary N) is 1. The molecule has 1 aliphatic rings. The minimum atomic E-state index is -0.287. The van der Waals surface area contributed by atoms with Crippen LogP contribution in [0.1, 0.15) is 35.7 Å². The monoisotopic (exact) mass is 271 g/mol. The van der Waals surface area contributed by atoms with Gasteiger partial charge < -0.3 is 15.0 Å². The zero-order valence-corrected chi connectivity index (χ0v) is 11.2. The van der Waals surface area contributed by atoms with Gasteiger partial charge in [0.2, 0.25) is 5.89 Å². The molecule has 0 spiro atoms. The van der Waals surface area contributed by atoms with E-state index in [1.165, 1.54) is 5.56 Å². The lowest BCUT2D eigenvalue weighted by atomic mass is 9.96. The van der Waals surface area contributed by atoms with Crippen molar-refractivity contribution in [1.82, 2.24) is 10.1 Å². The Labute approximate surface area is 117 Å². The Balaban J connectivity index is 1.76. The molecule has 20 heavy (non-hydrogen) atoms. The van der Waals surface area contributed by atoms with Crippen molar-refractivity contribution in [3.63, 3.8) is 0 Å². The second-order valence-electron chi connectivity index (χ2n) is 4.94. The van der Waals surface area contributed by atoms with Crippen molar-refractivity contribution in [1.29, 1.82) is 0 Å². The van der Waals surface area contributed by atoms with E-state index in [2.05, 4.69) is 22.8 Å². The van der Waals surface area contributed by atoms with Gasteiger partial charge in [-0.2, -0.15) is 4.98 Å². The van der Waals surface area contributed by atoms with Crippen molar-refractivity contribution in [2.75, 3.05) is 6.61 Å². The lowest BCUT2D eigenvalue weighted by Crippen LogP contribution is -2.20. The Kier molecular flexibility index (Phi) is 3.52. The van der Waals surface area contributed by atoms with Crippen molar-refractivity contribution in [3.05, 3.63) is 54.2 Å². The maximum absolute atomic E-state index is 5.93. The number of ether oxygens (including phenoxy) is 1. The molecule has 1 aromatic heterocycles. The van der Waals surface area contributed by atoms with Crippen LogP contribution in [0.25, 0.3) is 0 Å². The summed E-state index contributed by atoms with van der Waals surface area (Å²) in [6.45, 7) is 4.22. The van der Waals surface area contributed by atoms with Gasteiger partial charge in [-0.1, -0.05) is 29.4 Å². The number of fused-ring (bicyclic) bond motifs is 1. The summed E-state index contributed by atoms with van der Waals surface area (Å²) >= 11 is 0. The predicted molar refractivity (Wildman–Crippen MR) is 74.4 cm³/mol. The molecule has 0 bridgehead atoms. The van der Waals surface area contributed by atoms with Crippen molar-refractivity contribution < 1.29 is 9.26 Å². The molecule has 2 aromatic rings. The van der Waals surface area contributed by atoms with Crippen LogP contribution in [0.4, 0.5) is 0 Å². The number of nitrogens with zero attached hydrogens (tertiary/aromatic N) is 2. The molecule has 104 valence electrons. The van der Waals surface area contributed by atoms with E-state index in [0.29, 0.717) is 24.7 Å². The van der Waals surface area contributed by atoms with Gasteiger partial charge >= 0.3 is 0 Å². The predicted octanol–water partition coefficient (Wildman–Crippen LogP) is 2.36. The fourth-order valence-electron chi connectivity index (χ4n) is 2.34. The minimum Gasteiger partial charge on any atom is -0.493 e. The molecule has 5 nitrogen and oxygen atoms in total. The molecular weight excluding hydrogens is 254 g/mol. The van der Waals surface area contributed by atoms with Crippen LogP contribution in [0.3, 0.4) is 0 Å². The first-order valence-corrected chi connectivity index (χ1v) is 6.68. The number of hydrogen-bond acceptors (Lipinski definition) is 5. The van der Waals surface area contributed by atoms with Crippen LogP contribution in [0, 0.1) is 0 Å². The van der Waals surface area contributed by atoms with Gasteiger partial charge in [0.05, 0.1) is 18.6 Å². The molecule has 0 amide bonds. The summed E-state index contributed by atoms with van der Waals surface area (Å²) in [6.07, 6.45) is 3.21. The van der Waals surface area contributed by atoms with E-state index in [9.17, 15) is 0 Å². The summed E-state index contributed by atoms with van der Waals surface area (Å²) in [7, 11) is 0. The van der Waals surface area contributed by atoms with Crippen molar-refractivity contribution in [2.45, 2.75) is 24.8 Å². The van der Waals surface area contributed by atoms with Gasteiger partial charge in [-0.05, 0) is 24.5 Å². The molecule has 0 fully saturated rings. The van der Waals surface area contributed by atoms with Gasteiger partial charge in [0.1, 0.15) is 5.75 Å². The molecule has 2 N–H and O–H groups in total. The van der Waals surface area contributed by atoms with Crippen LogP contribution >= 0.6 is 0 Å². The maximum Gasteiger partial charge on any atom is 0.243 e. The topological polar surface area (TPSA) is 74.2 Å². The quantitative estimate of drug-likeness (QED) is 0.864. The van der Waals surface area contributed by atoms with E-state index in [1.807, 2.05) is 18.2 Å². The van der Waals surface area contributed by atoms with Gasteiger partial charge in [0, 0.05) is 0 Å². The Morgan fingerprint density at radius 2 is 2.30 bits per heavy atom. The van der Waals surface area contributed by atoms with E-state index in [0.717, 1.165) is 12.2 Å². The third kappa shape index (κ3) is 2.44. The lowest BCUT2D eigenvalue weighted by molar-refractivity contribution is 0.253. The smallest absolute Gasteiger partial charge is 0.243 e. The normalized spacial score (nSPS) is 18.9. The first kappa shape index (κ1) is 12.9. The average Bonchev–Trinajstić information content (AvgIpc) is 2.97. The summed E-state index contributed by atoms with van der Waals surface area (Å²) in [4.78, 5) is 4.39. The highest BCUT2D eigenvalue weighted by molar-refractivity contribution is 5.36. The molecule has 2 heterocycles. The van der Waals surface area contributed by atoms with Gasteiger partial charge in [0.15, 0.2) is 5.82 Å². The minimum absolute atomic E-state index is 0.110. The number of hydrogen-bond donors (Lipinski definition) is 1. The van der Waals surface area contributed by atoms with Gasteiger partial charge in [-0.25, -0.2) is 0 Å². The highest BCUT2D eigenvalue weighted by Crippen LogP contribution is 2.31. The molecule has 2 atom stereocenters. The summed E-state index contributed by atoms with van der Waals surface area (Å²) in [5.74, 6) is 2.17. The molecule has 1 aliphatic heterocycles. The highest BCUT2D eigenvalue weighted by Gasteiger charge is 2.26. The summed E-state index contributed by atoms with van der Waals surface area (Å²) < 4.78 is 11.0. The first-order chi connectivity index (χ1) is 9.78. The molecule has 1 aromatic carbocycles. The fraction of sp³-hybridized carbons (Fsp3) is 0.333. The number of para-hydroxylation sites is 1. The van der Waals surface area contributed by atoms with Crippen LogP contribution in [0.2, 0.25) is 0 Å². The molecule has 2 unspecified atom stereocenters. The fourth-order valence-corrected chi connectivity index (χ4v) is 2.34. The van der Waals surface area contributed by atoms with Crippen molar-refractivity contribution in [2.24, 2.45) is 5.73 Å². The summed E-state index contributed by atoms with van der Waals surface area (Å²) in [6, 6.07) is 7.73. The standard InChI is InChI=1S/C15H17N3O2/c1-2-5-12(16)15-17-14(18-20-15)11-8-10-6-3-4-7-13(10)19-9-11/h2-4,6-7,11-12H,1,5,8-9,16H2. The Hall–Kier alpha value is -2.14. The molecular formula is C15H17N3O2.